The molecule has 4 aromatic rings. The van der Waals surface area contributed by atoms with Gasteiger partial charge in [-0.3, -0.25) is 14.6 Å². The highest BCUT2D eigenvalue weighted by Crippen LogP contribution is 2.38. The fourth-order valence-corrected chi connectivity index (χ4v) is 5.11. The number of hydrogen-bond acceptors (Lipinski definition) is 8. The van der Waals surface area contributed by atoms with Gasteiger partial charge in [0, 0.05) is 29.9 Å². The molecule has 0 aliphatic carbocycles. The molecule has 1 saturated heterocycles. The second-order valence-corrected chi connectivity index (χ2v) is 10.7. The Morgan fingerprint density at radius 3 is 2.41 bits per heavy atom. The molecule has 1 aliphatic heterocycles. The van der Waals surface area contributed by atoms with E-state index in [1.54, 1.807) is 25.4 Å². The molecule has 3 heterocycles. The number of aromatic nitrogens is 2. The zero-order chi connectivity index (χ0) is 30.9. The molecule has 0 spiro atoms. The van der Waals surface area contributed by atoms with E-state index in [1.165, 1.54) is 55.8 Å². The van der Waals surface area contributed by atoms with Gasteiger partial charge in [-0.05, 0) is 74.8 Å². The summed E-state index contributed by atoms with van der Waals surface area (Å²) in [5, 5.41) is 5.93. The summed E-state index contributed by atoms with van der Waals surface area (Å²) >= 11 is 6.44. The van der Waals surface area contributed by atoms with Crippen molar-refractivity contribution in [1.82, 2.24) is 14.9 Å². The zero-order valence-corrected chi connectivity index (χ0v) is 25.0. The molecule has 0 bridgehead atoms. The number of carbonyl (C=O) groups excluding carboxylic acids is 2. The summed E-state index contributed by atoms with van der Waals surface area (Å²) in [6, 6.07) is 12.0. The predicted molar refractivity (Wildman–Crippen MR) is 166 cm³/mol. The average Bonchev–Trinajstić information content (AvgIpc) is 3.02. The summed E-state index contributed by atoms with van der Waals surface area (Å²) < 4.78 is 30.8. The molecule has 1 aliphatic rings. The molecule has 2 N–H and O–H groups in total. The Morgan fingerprint density at radius 1 is 0.932 bits per heavy atom. The number of ether oxygens (including phenoxy) is 3. The maximum atomic E-state index is 13.1. The molecule has 2 aromatic carbocycles. The van der Waals surface area contributed by atoms with Crippen LogP contribution in [0.15, 0.2) is 60.9 Å². The lowest BCUT2D eigenvalue weighted by atomic mass is 10.1. The standard InChI is InChI=1S/C32H33ClFN5O5/c1-42-28-17-24-26(18-29(28)43-15-5-14-39-12-3-2-4-13-39)35-11-10-27(24)44-32-25(33)16-23(20-36-32)38-31(41)19-30(40)37-22-8-6-21(34)7-9-22/h6-11,16-18,20H,2-5,12-15,19H2,1H3,(H,37,40)(H,38,41). The minimum Gasteiger partial charge on any atom is -0.493 e. The first-order chi connectivity index (χ1) is 21.4. The monoisotopic (exact) mass is 621 g/mol. The van der Waals surface area contributed by atoms with Crippen molar-refractivity contribution in [3.05, 3.63) is 71.8 Å². The summed E-state index contributed by atoms with van der Waals surface area (Å²) in [6.07, 6.45) is 7.29. The second kappa shape index (κ2) is 14.8. The first kappa shape index (κ1) is 31.0. The van der Waals surface area contributed by atoms with Gasteiger partial charge in [-0.15, -0.1) is 0 Å². The number of amides is 2. The van der Waals surface area contributed by atoms with Gasteiger partial charge in [-0.25, -0.2) is 9.37 Å². The molecule has 0 unspecified atom stereocenters. The Morgan fingerprint density at radius 2 is 1.68 bits per heavy atom. The molecule has 2 amide bonds. The minimum absolute atomic E-state index is 0.114. The molecule has 0 radical (unpaired) electrons. The number of carbonyl (C=O) groups is 2. The second-order valence-electron chi connectivity index (χ2n) is 10.3. The van der Waals surface area contributed by atoms with Crippen molar-refractivity contribution in [2.75, 3.05) is 44.0 Å². The van der Waals surface area contributed by atoms with E-state index in [1.807, 2.05) is 6.07 Å². The highest BCUT2D eigenvalue weighted by molar-refractivity contribution is 6.32. The first-order valence-corrected chi connectivity index (χ1v) is 14.8. The molecule has 12 heteroatoms. The Labute approximate surface area is 259 Å². The van der Waals surface area contributed by atoms with Gasteiger partial charge in [0.05, 0.1) is 31.1 Å². The molecule has 2 aromatic heterocycles. The van der Waals surface area contributed by atoms with E-state index in [0.29, 0.717) is 40.4 Å². The number of likely N-dealkylation sites (tertiary alicyclic amines) is 1. The van der Waals surface area contributed by atoms with Gasteiger partial charge in [0.25, 0.3) is 0 Å². The maximum absolute atomic E-state index is 13.1. The average molecular weight is 622 g/mol. The number of rotatable bonds is 12. The number of pyridine rings is 2. The van der Waals surface area contributed by atoms with Crippen molar-refractivity contribution in [2.45, 2.75) is 32.1 Å². The summed E-state index contributed by atoms with van der Waals surface area (Å²) in [7, 11) is 1.58. The minimum atomic E-state index is -0.576. The third kappa shape index (κ3) is 8.33. The van der Waals surface area contributed by atoms with Crippen molar-refractivity contribution in [1.29, 1.82) is 0 Å². The van der Waals surface area contributed by atoms with E-state index in [-0.39, 0.29) is 16.6 Å². The number of nitrogens with zero attached hydrogens (tertiary/aromatic N) is 3. The third-order valence-corrected chi connectivity index (χ3v) is 7.33. The van der Waals surface area contributed by atoms with Crippen LogP contribution < -0.4 is 24.8 Å². The molecule has 44 heavy (non-hydrogen) atoms. The molecule has 0 atom stereocenters. The normalized spacial score (nSPS) is 13.3. The molecule has 230 valence electrons. The lowest BCUT2D eigenvalue weighted by Gasteiger charge is -2.26. The van der Waals surface area contributed by atoms with Crippen LogP contribution in [0.4, 0.5) is 15.8 Å². The van der Waals surface area contributed by atoms with Crippen molar-refractivity contribution in [3.8, 4) is 23.1 Å². The Kier molecular flexibility index (Phi) is 10.4. The van der Waals surface area contributed by atoms with Crippen molar-refractivity contribution >= 4 is 45.7 Å². The molecule has 0 saturated carbocycles. The van der Waals surface area contributed by atoms with E-state index < -0.39 is 24.1 Å². The maximum Gasteiger partial charge on any atom is 0.238 e. The number of benzene rings is 2. The van der Waals surface area contributed by atoms with Gasteiger partial charge in [-0.2, -0.15) is 0 Å². The number of anilines is 2. The molecule has 10 nitrogen and oxygen atoms in total. The highest BCUT2D eigenvalue weighted by atomic mass is 35.5. The van der Waals surface area contributed by atoms with E-state index in [0.717, 1.165) is 26.1 Å². The number of piperidine rings is 1. The Hall–Kier alpha value is -4.48. The summed E-state index contributed by atoms with van der Waals surface area (Å²) in [6.45, 7) is 3.88. The summed E-state index contributed by atoms with van der Waals surface area (Å²) in [5.41, 5.74) is 1.31. The summed E-state index contributed by atoms with van der Waals surface area (Å²) in [5.74, 6) is 0.158. The topological polar surface area (TPSA) is 115 Å². The number of fused-ring (bicyclic) bond motifs is 1. The van der Waals surface area contributed by atoms with Crippen LogP contribution in [-0.4, -0.2) is 60.0 Å². The van der Waals surface area contributed by atoms with E-state index in [4.69, 9.17) is 25.8 Å². The SMILES string of the molecule is COc1cc2c(Oc3ncc(NC(=O)CC(=O)Nc4ccc(F)cc4)cc3Cl)ccnc2cc1OCCCN1CCCCC1. The Balaban J connectivity index is 1.20. The van der Waals surface area contributed by atoms with E-state index in [9.17, 15) is 14.0 Å². The molecule has 5 rings (SSSR count). The third-order valence-electron chi connectivity index (χ3n) is 7.06. The number of methoxy groups -OCH3 is 1. The first-order valence-electron chi connectivity index (χ1n) is 14.4. The van der Waals surface area contributed by atoms with Crippen LogP contribution in [0.2, 0.25) is 5.02 Å². The van der Waals surface area contributed by atoms with Gasteiger partial charge in [0.15, 0.2) is 11.5 Å². The highest BCUT2D eigenvalue weighted by Gasteiger charge is 2.16. The predicted octanol–water partition coefficient (Wildman–Crippen LogP) is 6.45. The number of nitrogens with one attached hydrogen (secondary N) is 2. The smallest absolute Gasteiger partial charge is 0.238 e. The van der Waals surface area contributed by atoms with Crippen molar-refractivity contribution < 1.29 is 28.2 Å². The van der Waals surface area contributed by atoms with Crippen molar-refractivity contribution in [2.24, 2.45) is 0 Å². The van der Waals surface area contributed by atoms with Crippen LogP contribution in [0.25, 0.3) is 10.9 Å². The van der Waals surface area contributed by atoms with Crippen LogP contribution in [0.3, 0.4) is 0 Å². The van der Waals surface area contributed by atoms with Gasteiger partial charge in [0.2, 0.25) is 17.7 Å². The largest absolute Gasteiger partial charge is 0.493 e. The van der Waals surface area contributed by atoms with E-state index >= 15 is 0 Å². The van der Waals surface area contributed by atoms with Crippen LogP contribution in [-0.2, 0) is 9.59 Å². The number of hydrogen-bond donors (Lipinski definition) is 2. The fraction of sp³-hybridized carbons (Fsp3) is 0.312. The van der Waals surface area contributed by atoms with Crippen molar-refractivity contribution in [3.63, 3.8) is 0 Å². The lowest BCUT2D eigenvalue weighted by molar-refractivity contribution is -0.123. The quantitative estimate of drug-likeness (QED) is 0.137. The van der Waals surface area contributed by atoms with Gasteiger partial charge < -0.3 is 29.7 Å². The lowest BCUT2D eigenvalue weighted by Crippen LogP contribution is -2.31. The zero-order valence-electron chi connectivity index (χ0n) is 24.3. The van der Waals surface area contributed by atoms with Gasteiger partial charge in [-0.1, -0.05) is 18.0 Å². The van der Waals surface area contributed by atoms with Gasteiger partial charge >= 0.3 is 0 Å². The fourth-order valence-electron chi connectivity index (χ4n) is 4.91. The number of halogens is 2. The van der Waals surface area contributed by atoms with Crippen LogP contribution in [0.1, 0.15) is 32.1 Å². The molecular formula is C32H33ClFN5O5. The molecule has 1 fully saturated rings. The van der Waals surface area contributed by atoms with E-state index in [2.05, 4.69) is 25.5 Å². The van der Waals surface area contributed by atoms with Crippen LogP contribution in [0, 0.1) is 5.82 Å². The Bertz CT molecular complexity index is 1620. The summed E-state index contributed by atoms with van der Waals surface area (Å²) in [4.78, 5) is 35.7. The van der Waals surface area contributed by atoms with Gasteiger partial charge in [0.1, 0.15) is 23.0 Å². The molecular weight excluding hydrogens is 589 g/mol. The van der Waals surface area contributed by atoms with Crippen LogP contribution in [0.5, 0.6) is 23.1 Å². The van der Waals surface area contributed by atoms with Crippen LogP contribution >= 0.6 is 11.6 Å².